The van der Waals surface area contributed by atoms with Crippen molar-refractivity contribution in [1.29, 1.82) is 0 Å². The molecule has 0 amide bonds. The van der Waals surface area contributed by atoms with Crippen LogP contribution in [0.1, 0.15) is 18.4 Å². The van der Waals surface area contributed by atoms with Crippen LogP contribution < -0.4 is 15.2 Å². The molecule has 1 saturated carbocycles. The molecule has 2 aromatic rings. The fraction of sp³-hybridized carbons (Fsp3) is 0.312. The SMILES string of the molecule is Nc1ccc(OCc2ccccc2)nc1OCC1CC1. The van der Waals surface area contributed by atoms with E-state index in [9.17, 15) is 0 Å². The number of nitrogens with zero attached hydrogens (tertiary/aromatic N) is 1. The standard InChI is InChI=1S/C16H18N2O2/c17-14-8-9-15(18-16(14)20-11-13-6-7-13)19-10-12-4-2-1-3-5-12/h1-5,8-9,13H,6-7,10-11,17H2. The van der Waals surface area contributed by atoms with Crippen molar-refractivity contribution in [3.8, 4) is 11.8 Å². The van der Waals surface area contributed by atoms with Gasteiger partial charge in [0.2, 0.25) is 11.8 Å². The lowest BCUT2D eigenvalue weighted by Crippen LogP contribution is -2.05. The van der Waals surface area contributed by atoms with Crippen LogP contribution in [0.3, 0.4) is 0 Å². The molecule has 0 atom stereocenters. The Labute approximate surface area is 118 Å². The third-order valence-corrected chi connectivity index (χ3v) is 3.25. The minimum absolute atomic E-state index is 0.475. The average Bonchev–Trinajstić information content (AvgIpc) is 3.30. The maximum absolute atomic E-state index is 5.86. The predicted octanol–water partition coefficient (Wildman–Crippen LogP) is 3.03. The zero-order valence-corrected chi connectivity index (χ0v) is 11.3. The van der Waals surface area contributed by atoms with Crippen LogP contribution >= 0.6 is 0 Å². The van der Waals surface area contributed by atoms with Crippen molar-refractivity contribution in [3.05, 3.63) is 48.0 Å². The maximum Gasteiger partial charge on any atom is 0.240 e. The van der Waals surface area contributed by atoms with E-state index in [2.05, 4.69) is 4.98 Å². The molecule has 0 aliphatic heterocycles. The fourth-order valence-electron chi connectivity index (χ4n) is 1.84. The second-order valence-corrected chi connectivity index (χ2v) is 5.07. The van der Waals surface area contributed by atoms with Crippen LogP contribution in [0.25, 0.3) is 0 Å². The van der Waals surface area contributed by atoms with Crippen LogP contribution in [0.2, 0.25) is 0 Å². The van der Waals surface area contributed by atoms with E-state index in [1.165, 1.54) is 12.8 Å². The van der Waals surface area contributed by atoms with E-state index >= 15 is 0 Å². The predicted molar refractivity (Wildman–Crippen MR) is 77.6 cm³/mol. The number of nitrogen functional groups attached to an aromatic ring is 1. The molecule has 104 valence electrons. The van der Waals surface area contributed by atoms with Gasteiger partial charge in [0, 0.05) is 6.07 Å². The summed E-state index contributed by atoms with van der Waals surface area (Å²) in [5, 5.41) is 0. The number of hydrogen-bond donors (Lipinski definition) is 1. The third-order valence-electron chi connectivity index (χ3n) is 3.25. The summed E-state index contributed by atoms with van der Waals surface area (Å²) < 4.78 is 11.3. The summed E-state index contributed by atoms with van der Waals surface area (Å²) >= 11 is 0. The molecule has 0 radical (unpaired) electrons. The molecule has 3 rings (SSSR count). The van der Waals surface area contributed by atoms with E-state index < -0.39 is 0 Å². The second kappa shape index (κ2) is 5.82. The molecule has 4 heteroatoms. The summed E-state index contributed by atoms with van der Waals surface area (Å²) in [7, 11) is 0. The van der Waals surface area contributed by atoms with Gasteiger partial charge in [-0.15, -0.1) is 0 Å². The van der Waals surface area contributed by atoms with Gasteiger partial charge < -0.3 is 15.2 Å². The van der Waals surface area contributed by atoms with Gasteiger partial charge in [0.1, 0.15) is 6.61 Å². The molecule has 2 N–H and O–H groups in total. The molecule has 0 bridgehead atoms. The molecular weight excluding hydrogens is 252 g/mol. The summed E-state index contributed by atoms with van der Waals surface area (Å²) in [5.74, 6) is 1.68. The Balaban J connectivity index is 1.62. The smallest absolute Gasteiger partial charge is 0.240 e. The van der Waals surface area contributed by atoms with Crippen molar-refractivity contribution in [2.24, 2.45) is 5.92 Å². The van der Waals surface area contributed by atoms with Crippen molar-refractivity contribution < 1.29 is 9.47 Å². The first-order valence-electron chi connectivity index (χ1n) is 6.87. The van der Waals surface area contributed by atoms with Gasteiger partial charge in [-0.25, -0.2) is 0 Å². The average molecular weight is 270 g/mol. The van der Waals surface area contributed by atoms with Crippen molar-refractivity contribution in [1.82, 2.24) is 4.98 Å². The van der Waals surface area contributed by atoms with Crippen molar-refractivity contribution >= 4 is 5.69 Å². The van der Waals surface area contributed by atoms with Crippen molar-refractivity contribution in [3.63, 3.8) is 0 Å². The highest BCUT2D eigenvalue weighted by atomic mass is 16.5. The zero-order valence-electron chi connectivity index (χ0n) is 11.3. The lowest BCUT2D eigenvalue weighted by atomic mass is 10.2. The molecule has 4 nitrogen and oxygen atoms in total. The summed E-state index contributed by atoms with van der Waals surface area (Å²) in [6.07, 6.45) is 2.48. The minimum atomic E-state index is 0.475. The van der Waals surface area contributed by atoms with Crippen LogP contribution in [0.4, 0.5) is 5.69 Å². The Kier molecular flexibility index (Phi) is 3.72. The van der Waals surface area contributed by atoms with Crippen LogP contribution in [0.5, 0.6) is 11.8 Å². The van der Waals surface area contributed by atoms with Crippen LogP contribution in [0.15, 0.2) is 42.5 Å². The van der Waals surface area contributed by atoms with Gasteiger partial charge in [0.25, 0.3) is 0 Å². The lowest BCUT2D eigenvalue weighted by Gasteiger charge is -2.10. The van der Waals surface area contributed by atoms with Crippen molar-refractivity contribution in [2.75, 3.05) is 12.3 Å². The number of anilines is 1. The Bertz CT molecular complexity index is 568. The maximum atomic E-state index is 5.86. The number of hydrogen-bond acceptors (Lipinski definition) is 4. The molecule has 1 aromatic heterocycles. The van der Waals surface area contributed by atoms with Gasteiger partial charge in [-0.1, -0.05) is 30.3 Å². The number of ether oxygens (including phenoxy) is 2. The number of benzene rings is 1. The highest BCUT2D eigenvalue weighted by Gasteiger charge is 2.22. The van der Waals surface area contributed by atoms with Gasteiger partial charge in [0.05, 0.1) is 12.3 Å². The quantitative estimate of drug-likeness (QED) is 0.876. The molecular formula is C16H18N2O2. The van der Waals surface area contributed by atoms with Crippen LogP contribution in [-0.4, -0.2) is 11.6 Å². The topological polar surface area (TPSA) is 57.4 Å². The van der Waals surface area contributed by atoms with Crippen LogP contribution in [0, 0.1) is 5.92 Å². The molecule has 1 aromatic carbocycles. The lowest BCUT2D eigenvalue weighted by molar-refractivity contribution is 0.267. The Morgan fingerprint density at radius 1 is 1.05 bits per heavy atom. The first-order valence-corrected chi connectivity index (χ1v) is 6.87. The van der Waals surface area contributed by atoms with Gasteiger partial charge in [-0.2, -0.15) is 4.98 Å². The zero-order chi connectivity index (χ0) is 13.8. The van der Waals surface area contributed by atoms with E-state index in [0.29, 0.717) is 36.6 Å². The normalized spacial score (nSPS) is 14.0. The van der Waals surface area contributed by atoms with E-state index in [-0.39, 0.29) is 0 Å². The molecule has 1 aliphatic rings. The molecule has 0 saturated heterocycles. The summed E-state index contributed by atoms with van der Waals surface area (Å²) in [6.45, 7) is 1.18. The van der Waals surface area contributed by atoms with Gasteiger partial charge >= 0.3 is 0 Å². The minimum Gasteiger partial charge on any atom is -0.476 e. The van der Waals surface area contributed by atoms with Gasteiger partial charge in [-0.05, 0) is 30.4 Å². The van der Waals surface area contributed by atoms with Gasteiger partial charge in [-0.3, -0.25) is 0 Å². The van der Waals surface area contributed by atoms with Crippen LogP contribution in [-0.2, 0) is 6.61 Å². The Morgan fingerprint density at radius 2 is 1.85 bits per heavy atom. The Morgan fingerprint density at radius 3 is 2.60 bits per heavy atom. The largest absolute Gasteiger partial charge is 0.476 e. The van der Waals surface area contributed by atoms with E-state index in [0.717, 1.165) is 5.56 Å². The number of aromatic nitrogens is 1. The highest BCUT2D eigenvalue weighted by Crippen LogP contribution is 2.31. The summed E-state index contributed by atoms with van der Waals surface area (Å²) in [6, 6.07) is 13.5. The summed E-state index contributed by atoms with van der Waals surface area (Å²) in [5.41, 5.74) is 7.52. The second-order valence-electron chi connectivity index (χ2n) is 5.07. The van der Waals surface area contributed by atoms with E-state index in [1.54, 1.807) is 12.1 Å². The molecule has 1 aliphatic carbocycles. The first kappa shape index (κ1) is 12.8. The number of nitrogens with two attached hydrogens (primary N) is 1. The molecule has 0 unspecified atom stereocenters. The summed E-state index contributed by atoms with van der Waals surface area (Å²) in [4.78, 5) is 4.32. The number of pyridine rings is 1. The monoisotopic (exact) mass is 270 g/mol. The van der Waals surface area contributed by atoms with Gasteiger partial charge in [0.15, 0.2) is 0 Å². The molecule has 1 fully saturated rings. The van der Waals surface area contributed by atoms with E-state index in [4.69, 9.17) is 15.2 Å². The molecule has 20 heavy (non-hydrogen) atoms. The molecule has 0 spiro atoms. The highest BCUT2D eigenvalue weighted by molar-refractivity contribution is 5.49. The Hall–Kier alpha value is -2.23. The van der Waals surface area contributed by atoms with E-state index in [1.807, 2.05) is 30.3 Å². The van der Waals surface area contributed by atoms with Crippen molar-refractivity contribution in [2.45, 2.75) is 19.4 Å². The fourth-order valence-corrected chi connectivity index (χ4v) is 1.84. The third kappa shape index (κ3) is 3.41. The number of rotatable bonds is 6. The molecule has 1 heterocycles. The first-order chi connectivity index (χ1) is 9.81.